The minimum Gasteiger partial charge on any atom is -0.477 e. The van der Waals surface area contributed by atoms with Crippen LogP contribution in [0.1, 0.15) is 23.5 Å². The zero-order valence-electron chi connectivity index (χ0n) is 10.9. The first-order chi connectivity index (χ1) is 9.88. The van der Waals surface area contributed by atoms with Gasteiger partial charge in [-0.2, -0.15) is 5.10 Å². The van der Waals surface area contributed by atoms with Crippen LogP contribution in [0.4, 0.5) is 5.69 Å². The van der Waals surface area contributed by atoms with Crippen molar-refractivity contribution >= 4 is 40.8 Å². The summed E-state index contributed by atoms with van der Waals surface area (Å²) in [6.45, 7) is 1.54. The van der Waals surface area contributed by atoms with Gasteiger partial charge in [-0.15, -0.1) is 0 Å². The second-order valence-electron chi connectivity index (χ2n) is 4.29. The van der Waals surface area contributed by atoms with Crippen LogP contribution in [0.5, 0.6) is 0 Å². The summed E-state index contributed by atoms with van der Waals surface area (Å²) in [5.74, 6) is -1.59. The van der Waals surface area contributed by atoms with Crippen LogP contribution in [0.3, 0.4) is 0 Å². The van der Waals surface area contributed by atoms with Crippen molar-refractivity contribution in [1.29, 1.82) is 0 Å². The zero-order chi connectivity index (χ0) is 15.6. The molecule has 6 nitrogen and oxygen atoms in total. The minimum absolute atomic E-state index is 0.0678. The lowest BCUT2D eigenvalue weighted by Gasteiger charge is -2.14. The molecule has 2 aromatic rings. The second kappa shape index (κ2) is 6.15. The van der Waals surface area contributed by atoms with Crippen LogP contribution in [0, 0.1) is 0 Å². The fourth-order valence-corrected chi connectivity index (χ4v) is 2.30. The minimum atomic E-state index is -1.15. The number of carbonyl (C=O) groups is 2. The Kier molecular flexibility index (Phi) is 4.50. The number of aromatic carboxylic acids is 1. The van der Waals surface area contributed by atoms with E-state index in [0.717, 1.165) is 4.68 Å². The van der Waals surface area contributed by atoms with Crippen LogP contribution >= 0.6 is 23.2 Å². The molecule has 1 aromatic heterocycles. The van der Waals surface area contributed by atoms with Crippen LogP contribution in [-0.2, 0) is 4.79 Å². The van der Waals surface area contributed by atoms with E-state index in [1.54, 1.807) is 19.1 Å². The summed E-state index contributed by atoms with van der Waals surface area (Å²) in [5.41, 5.74) is 0.357. The molecule has 8 heteroatoms. The summed E-state index contributed by atoms with van der Waals surface area (Å²) < 4.78 is 1.13. The van der Waals surface area contributed by atoms with E-state index >= 15 is 0 Å². The summed E-state index contributed by atoms with van der Waals surface area (Å²) in [7, 11) is 0. The highest BCUT2D eigenvalue weighted by Crippen LogP contribution is 2.23. The molecule has 0 saturated heterocycles. The number of hydrogen-bond donors (Lipinski definition) is 2. The van der Waals surface area contributed by atoms with Gasteiger partial charge in [0.05, 0.1) is 0 Å². The molecule has 2 N–H and O–H groups in total. The van der Waals surface area contributed by atoms with Crippen molar-refractivity contribution in [1.82, 2.24) is 9.78 Å². The van der Waals surface area contributed by atoms with Gasteiger partial charge in [-0.1, -0.05) is 23.2 Å². The summed E-state index contributed by atoms with van der Waals surface area (Å²) in [5, 5.41) is 16.3. The standard InChI is InChI=1S/C13H11Cl2N3O3/c1-7(18-11(13(20)21)2-3-16-18)12(19)17-10-5-8(14)4-9(15)6-10/h2-7H,1H3,(H,17,19)(H,20,21). The predicted molar refractivity (Wildman–Crippen MR) is 79.0 cm³/mol. The lowest BCUT2D eigenvalue weighted by atomic mass is 10.2. The summed E-state index contributed by atoms with van der Waals surface area (Å²) in [4.78, 5) is 23.2. The molecule has 0 aliphatic carbocycles. The highest BCUT2D eigenvalue weighted by atomic mass is 35.5. The van der Waals surface area contributed by atoms with E-state index in [-0.39, 0.29) is 5.69 Å². The maximum Gasteiger partial charge on any atom is 0.354 e. The van der Waals surface area contributed by atoms with Gasteiger partial charge in [-0.3, -0.25) is 4.79 Å². The monoisotopic (exact) mass is 327 g/mol. The predicted octanol–water partition coefficient (Wildman–Crippen LogP) is 3.09. The number of anilines is 1. The van der Waals surface area contributed by atoms with E-state index < -0.39 is 17.9 Å². The molecule has 2 rings (SSSR count). The van der Waals surface area contributed by atoms with E-state index in [1.165, 1.54) is 18.3 Å². The number of nitrogens with one attached hydrogen (secondary N) is 1. The van der Waals surface area contributed by atoms with E-state index in [4.69, 9.17) is 28.3 Å². The summed E-state index contributed by atoms with van der Waals surface area (Å²) in [6, 6.07) is 5.14. The maximum absolute atomic E-state index is 12.2. The molecule has 110 valence electrons. The lowest BCUT2D eigenvalue weighted by molar-refractivity contribution is -0.119. The van der Waals surface area contributed by atoms with Crippen LogP contribution in [-0.4, -0.2) is 26.8 Å². The van der Waals surface area contributed by atoms with Gasteiger partial charge >= 0.3 is 5.97 Å². The third-order valence-electron chi connectivity index (χ3n) is 2.77. The number of amides is 1. The first kappa shape index (κ1) is 15.3. The topological polar surface area (TPSA) is 84.2 Å². The Morgan fingerprint density at radius 3 is 2.48 bits per heavy atom. The van der Waals surface area contributed by atoms with Crippen molar-refractivity contribution in [2.75, 3.05) is 5.32 Å². The van der Waals surface area contributed by atoms with Crippen molar-refractivity contribution in [3.63, 3.8) is 0 Å². The van der Waals surface area contributed by atoms with Gasteiger partial charge < -0.3 is 10.4 Å². The summed E-state index contributed by atoms with van der Waals surface area (Å²) >= 11 is 11.7. The van der Waals surface area contributed by atoms with Crippen molar-refractivity contribution in [3.8, 4) is 0 Å². The average Bonchev–Trinajstić information content (AvgIpc) is 2.85. The van der Waals surface area contributed by atoms with Crippen LogP contribution in [0.25, 0.3) is 0 Å². The number of aromatic nitrogens is 2. The van der Waals surface area contributed by atoms with Crippen LogP contribution in [0.15, 0.2) is 30.5 Å². The number of carboxylic acids is 1. The zero-order valence-corrected chi connectivity index (χ0v) is 12.4. The number of nitrogens with zero attached hydrogens (tertiary/aromatic N) is 2. The van der Waals surface area contributed by atoms with Gasteiger partial charge in [0.15, 0.2) is 0 Å². The molecule has 0 aliphatic heterocycles. The molecule has 1 unspecified atom stereocenters. The number of hydrogen-bond acceptors (Lipinski definition) is 3. The van der Waals surface area contributed by atoms with Crippen LogP contribution in [0.2, 0.25) is 10.0 Å². The largest absolute Gasteiger partial charge is 0.477 e. The Balaban J connectivity index is 2.19. The molecule has 0 aliphatic rings. The molecule has 1 atom stereocenters. The van der Waals surface area contributed by atoms with E-state index in [9.17, 15) is 9.59 Å². The Morgan fingerprint density at radius 1 is 1.29 bits per heavy atom. The highest BCUT2D eigenvalue weighted by Gasteiger charge is 2.21. The third kappa shape index (κ3) is 3.53. The molecule has 0 spiro atoms. The van der Waals surface area contributed by atoms with E-state index in [0.29, 0.717) is 15.7 Å². The van der Waals surface area contributed by atoms with E-state index in [1.807, 2.05) is 0 Å². The van der Waals surface area contributed by atoms with Gasteiger partial charge in [-0.05, 0) is 31.2 Å². The molecule has 0 saturated carbocycles. The Labute approximate surface area is 130 Å². The number of carbonyl (C=O) groups excluding carboxylic acids is 1. The smallest absolute Gasteiger partial charge is 0.354 e. The SMILES string of the molecule is CC(C(=O)Nc1cc(Cl)cc(Cl)c1)n1nccc1C(=O)O. The quantitative estimate of drug-likeness (QED) is 0.903. The van der Waals surface area contributed by atoms with Gasteiger partial charge in [0.2, 0.25) is 5.91 Å². The Morgan fingerprint density at radius 2 is 1.90 bits per heavy atom. The molecular weight excluding hydrogens is 317 g/mol. The normalized spacial score (nSPS) is 12.0. The van der Waals surface area contributed by atoms with Crippen molar-refractivity contribution in [3.05, 3.63) is 46.2 Å². The summed E-state index contributed by atoms with van der Waals surface area (Å²) in [6.07, 6.45) is 1.32. The molecule has 0 fully saturated rings. The number of benzene rings is 1. The third-order valence-corrected chi connectivity index (χ3v) is 3.20. The van der Waals surface area contributed by atoms with Crippen molar-refractivity contribution in [2.24, 2.45) is 0 Å². The number of halogens is 2. The molecule has 21 heavy (non-hydrogen) atoms. The average molecular weight is 328 g/mol. The van der Waals surface area contributed by atoms with Gasteiger partial charge in [-0.25, -0.2) is 9.48 Å². The van der Waals surface area contributed by atoms with Crippen molar-refractivity contribution < 1.29 is 14.7 Å². The fourth-order valence-electron chi connectivity index (χ4n) is 1.78. The van der Waals surface area contributed by atoms with Crippen LogP contribution < -0.4 is 5.32 Å². The number of rotatable bonds is 4. The molecule has 1 aromatic carbocycles. The maximum atomic E-state index is 12.2. The Bertz CT molecular complexity index is 679. The molecule has 0 bridgehead atoms. The Hall–Kier alpha value is -2.05. The van der Waals surface area contributed by atoms with Crippen molar-refractivity contribution in [2.45, 2.75) is 13.0 Å². The van der Waals surface area contributed by atoms with E-state index in [2.05, 4.69) is 10.4 Å². The van der Waals surface area contributed by atoms with Gasteiger partial charge in [0.25, 0.3) is 0 Å². The molecule has 1 amide bonds. The highest BCUT2D eigenvalue weighted by molar-refractivity contribution is 6.35. The van der Waals surface area contributed by atoms with Gasteiger partial charge in [0, 0.05) is 21.9 Å². The molecule has 1 heterocycles. The lowest BCUT2D eigenvalue weighted by Crippen LogP contribution is -2.26. The molecular formula is C13H11Cl2N3O3. The first-order valence-corrected chi connectivity index (χ1v) is 6.68. The number of carboxylic acid groups (broad SMARTS) is 1. The van der Waals surface area contributed by atoms with Gasteiger partial charge in [0.1, 0.15) is 11.7 Å². The fraction of sp³-hybridized carbons (Fsp3) is 0.154. The first-order valence-electron chi connectivity index (χ1n) is 5.92. The molecule has 0 radical (unpaired) electrons. The second-order valence-corrected chi connectivity index (χ2v) is 5.16.